The van der Waals surface area contributed by atoms with E-state index in [1.807, 2.05) is 49.2 Å². The van der Waals surface area contributed by atoms with Gasteiger partial charge in [-0.25, -0.2) is 9.97 Å². The number of hydrogen-bond acceptors (Lipinski definition) is 7. The van der Waals surface area contributed by atoms with Crippen molar-refractivity contribution in [3.8, 4) is 17.2 Å². The molecule has 2 unspecified atom stereocenters. The van der Waals surface area contributed by atoms with Crippen molar-refractivity contribution < 1.29 is 18.7 Å². The maximum atomic E-state index is 12.9. The first kappa shape index (κ1) is 24.9. The van der Waals surface area contributed by atoms with Gasteiger partial charge in [-0.05, 0) is 38.4 Å². The molecule has 0 aliphatic carbocycles. The number of nitrogens with zero attached hydrogens (tertiary/aromatic N) is 3. The minimum atomic E-state index is -0.341. The highest BCUT2D eigenvalue weighted by molar-refractivity contribution is 5.85. The molecule has 8 nitrogen and oxygen atoms in total. The highest BCUT2D eigenvalue weighted by Gasteiger charge is 2.33. The van der Waals surface area contributed by atoms with E-state index in [4.69, 9.17) is 9.15 Å². The molecule has 1 aliphatic heterocycles. The Hall–Kier alpha value is -3.26. The Morgan fingerprint density at radius 3 is 2.80 bits per heavy atom. The molecule has 1 fully saturated rings. The van der Waals surface area contributed by atoms with Gasteiger partial charge in [0.25, 0.3) is 0 Å². The first-order valence-electron chi connectivity index (χ1n) is 12.4. The van der Waals surface area contributed by atoms with Gasteiger partial charge in [-0.2, -0.15) is 0 Å². The van der Waals surface area contributed by atoms with Gasteiger partial charge in [0.15, 0.2) is 5.76 Å². The van der Waals surface area contributed by atoms with Crippen molar-refractivity contribution in [3.63, 3.8) is 0 Å². The molecule has 1 amide bonds. The number of likely N-dealkylation sites (tertiary alicyclic amines) is 1. The molecule has 0 saturated carbocycles. The molecule has 8 heteroatoms. The van der Waals surface area contributed by atoms with Crippen molar-refractivity contribution in [2.75, 3.05) is 20.7 Å². The molecule has 186 valence electrons. The number of para-hydroxylation sites is 1. The second kappa shape index (κ2) is 11.4. The van der Waals surface area contributed by atoms with E-state index in [0.717, 1.165) is 43.1 Å². The van der Waals surface area contributed by atoms with Gasteiger partial charge in [0.05, 0.1) is 30.4 Å². The molecule has 1 N–H and O–H groups in total. The lowest BCUT2D eigenvalue weighted by molar-refractivity contribution is -0.130. The molecule has 1 aliphatic rings. The van der Waals surface area contributed by atoms with Gasteiger partial charge in [-0.3, -0.25) is 14.5 Å². The molecule has 1 saturated heterocycles. The maximum absolute atomic E-state index is 12.9. The standard InChI is InChI=1S/C27H34N4O4/c1-4-19(32)11-6-5-7-13-22(29-25(33)23-14-15-31(23)2)27-28-17-24(35-27)20-16-18-10-8-9-12-21(18)30-26(20)34-3/h8-10,12,16-17,22-23H,4-7,11,13-15H2,1-3H3,(H,29,33). The summed E-state index contributed by atoms with van der Waals surface area (Å²) in [5.74, 6) is 1.76. The third kappa shape index (κ3) is 5.88. The largest absolute Gasteiger partial charge is 0.480 e. The summed E-state index contributed by atoms with van der Waals surface area (Å²) in [6.07, 6.45) is 7.03. The van der Waals surface area contributed by atoms with Crippen molar-refractivity contribution >= 4 is 22.6 Å². The lowest BCUT2D eigenvalue weighted by Gasteiger charge is -2.37. The van der Waals surface area contributed by atoms with Gasteiger partial charge in [-0.1, -0.05) is 38.0 Å². The van der Waals surface area contributed by atoms with E-state index >= 15 is 0 Å². The maximum Gasteiger partial charge on any atom is 0.238 e. The number of pyridine rings is 1. The SMILES string of the molecule is CCC(=O)CCCCCC(NC(=O)C1CCN1C)c1ncc(-c2cc3ccccc3nc2OC)o1. The fourth-order valence-corrected chi connectivity index (χ4v) is 4.40. The second-order valence-electron chi connectivity index (χ2n) is 9.14. The number of carbonyl (C=O) groups excluding carboxylic acids is 2. The number of rotatable bonds is 12. The summed E-state index contributed by atoms with van der Waals surface area (Å²) in [5.41, 5.74) is 1.55. The molecule has 2 aromatic heterocycles. The average molecular weight is 479 g/mol. The fraction of sp³-hybridized carbons (Fsp3) is 0.481. The van der Waals surface area contributed by atoms with Crippen molar-refractivity contribution in [1.82, 2.24) is 20.2 Å². The Morgan fingerprint density at radius 1 is 1.26 bits per heavy atom. The number of unbranched alkanes of at least 4 members (excludes halogenated alkanes) is 2. The minimum absolute atomic E-state index is 0.00499. The van der Waals surface area contributed by atoms with Crippen LogP contribution in [-0.4, -0.2) is 53.3 Å². The Morgan fingerprint density at radius 2 is 2.09 bits per heavy atom. The number of ketones is 1. The number of Topliss-reactive ketones (excluding diaryl/α,β-unsaturated/α-hetero) is 1. The summed E-state index contributed by atoms with van der Waals surface area (Å²) in [6, 6.07) is 9.35. The highest BCUT2D eigenvalue weighted by atomic mass is 16.5. The number of likely N-dealkylation sites (N-methyl/N-ethyl adjacent to an activating group) is 1. The number of methoxy groups -OCH3 is 1. The summed E-state index contributed by atoms with van der Waals surface area (Å²) < 4.78 is 11.7. The molecule has 3 aromatic rings. The number of amides is 1. The Labute approximate surface area is 206 Å². The van der Waals surface area contributed by atoms with E-state index in [0.29, 0.717) is 42.4 Å². The summed E-state index contributed by atoms with van der Waals surface area (Å²) >= 11 is 0. The third-order valence-electron chi connectivity index (χ3n) is 6.72. The number of nitrogens with one attached hydrogen (secondary N) is 1. The molecule has 4 rings (SSSR count). The van der Waals surface area contributed by atoms with Crippen LogP contribution in [0.4, 0.5) is 0 Å². The van der Waals surface area contributed by atoms with Crippen LogP contribution in [0.3, 0.4) is 0 Å². The highest BCUT2D eigenvalue weighted by Crippen LogP contribution is 2.33. The molecule has 0 radical (unpaired) electrons. The number of hydrogen-bond donors (Lipinski definition) is 1. The number of oxazole rings is 1. The second-order valence-corrected chi connectivity index (χ2v) is 9.14. The zero-order valence-electron chi connectivity index (χ0n) is 20.8. The van der Waals surface area contributed by atoms with Gasteiger partial charge in [0.2, 0.25) is 17.7 Å². The van der Waals surface area contributed by atoms with Crippen molar-refractivity contribution in [1.29, 1.82) is 0 Å². The van der Waals surface area contributed by atoms with E-state index in [1.54, 1.807) is 13.3 Å². The van der Waals surface area contributed by atoms with Crippen molar-refractivity contribution in [3.05, 3.63) is 42.4 Å². The van der Waals surface area contributed by atoms with Gasteiger partial charge in [-0.15, -0.1) is 0 Å². The van der Waals surface area contributed by atoms with Crippen LogP contribution in [0.2, 0.25) is 0 Å². The number of benzene rings is 1. The molecule has 2 atom stereocenters. The molecular formula is C27H34N4O4. The predicted octanol–water partition coefficient (Wildman–Crippen LogP) is 4.69. The van der Waals surface area contributed by atoms with Crippen molar-refractivity contribution in [2.24, 2.45) is 0 Å². The molecule has 0 bridgehead atoms. The van der Waals surface area contributed by atoms with Crippen LogP contribution in [0.5, 0.6) is 5.88 Å². The van der Waals surface area contributed by atoms with Crippen molar-refractivity contribution in [2.45, 2.75) is 64.0 Å². The van der Waals surface area contributed by atoms with E-state index in [1.165, 1.54) is 0 Å². The summed E-state index contributed by atoms with van der Waals surface area (Å²) in [5, 5.41) is 4.12. The Balaban J connectivity index is 1.52. The lowest BCUT2D eigenvalue weighted by Crippen LogP contribution is -2.54. The zero-order chi connectivity index (χ0) is 24.8. The molecule has 0 spiro atoms. The summed E-state index contributed by atoms with van der Waals surface area (Å²) in [4.78, 5) is 35.6. The number of carbonyl (C=O) groups is 2. The third-order valence-corrected chi connectivity index (χ3v) is 6.72. The molecule has 1 aromatic carbocycles. The Bertz CT molecular complexity index is 1170. The smallest absolute Gasteiger partial charge is 0.238 e. The Kier molecular flexibility index (Phi) is 8.13. The lowest BCUT2D eigenvalue weighted by atomic mass is 10.0. The first-order chi connectivity index (χ1) is 17.0. The van der Waals surface area contributed by atoms with Crippen LogP contribution in [-0.2, 0) is 9.59 Å². The number of aromatic nitrogens is 2. The minimum Gasteiger partial charge on any atom is -0.480 e. The van der Waals surface area contributed by atoms with Crippen LogP contribution in [0.1, 0.15) is 63.8 Å². The predicted molar refractivity (Wildman–Crippen MR) is 134 cm³/mol. The molecular weight excluding hydrogens is 444 g/mol. The normalized spacial score (nSPS) is 16.6. The number of fused-ring (bicyclic) bond motifs is 1. The zero-order valence-corrected chi connectivity index (χ0v) is 20.8. The number of ether oxygens (including phenoxy) is 1. The van der Waals surface area contributed by atoms with Crippen LogP contribution in [0.15, 0.2) is 40.9 Å². The van der Waals surface area contributed by atoms with Crippen LogP contribution >= 0.6 is 0 Å². The van der Waals surface area contributed by atoms with Gasteiger partial charge < -0.3 is 14.5 Å². The van der Waals surface area contributed by atoms with Gasteiger partial charge in [0.1, 0.15) is 11.8 Å². The van der Waals surface area contributed by atoms with Crippen LogP contribution in [0, 0.1) is 0 Å². The van der Waals surface area contributed by atoms with E-state index in [2.05, 4.69) is 15.3 Å². The topological polar surface area (TPSA) is 97.6 Å². The summed E-state index contributed by atoms with van der Waals surface area (Å²) in [7, 11) is 3.54. The monoisotopic (exact) mass is 478 g/mol. The average Bonchev–Trinajstić information content (AvgIpc) is 3.35. The molecule has 35 heavy (non-hydrogen) atoms. The molecule has 3 heterocycles. The van der Waals surface area contributed by atoms with Crippen LogP contribution in [0.25, 0.3) is 22.2 Å². The first-order valence-corrected chi connectivity index (χ1v) is 12.4. The van der Waals surface area contributed by atoms with E-state index in [9.17, 15) is 9.59 Å². The van der Waals surface area contributed by atoms with E-state index < -0.39 is 0 Å². The quantitative estimate of drug-likeness (QED) is 0.377. The summed E-state index contributed by atoms with van der Waals surface area (Å²) in [6.45, 7) is 2.82. The van der Waals surface area contributed by atoms with E-state index in [-0.39, 0.29) is 23.8 Å². The van der Waals surface area contributed by atoms with Gasteiger partial charge in [0, 0.05) is 24.8 Å². The fourth-order valence-electron chi connectivity index (χ4n) is 4.40. The van der Waals surface area contributed by atoms with Gasteiger partial charge >= 0.3 is 0 Å². The van der Waals surface area contributed by atoms with Crippen LogP contribution < -0.4 is 10.1 Å².